The van der Waals surface area contributed by atoms with Crippen molar-refractivity contribution in [2.75, 3.05) is 0 Å². The first kappa shape index (κ1) is 9.63. The summed E-state index contributed by atoms with van der Waals surface area (Å²) in [6.45, 7) is 1.36. The lowest BCUT2D eigenvalue weighted by Gasteiger charge is -2.05. The lowest BCUT2D eigenvalue weighted by molar-refractivity contribution is -0.145. The summed E-state index contributed by atoms with van der Waals surface area (Å²) in [5.74, 6) is -1.28. The van der Waals surface area contributed by atoms with Gasteiger partial charge in [0.15, 0.2) is 6.29 Å². The molecule has 0 N–H and O–H groups in total. The van der Waals surface area contributed by atoms with Crippen molar-refractivity contribution in [3.8, 4) is 0 Å². The number of carbonyl (C=O) groups excluding carboxylic acids is 1. The van der Waals surface area contributed by atoms with E-state index >= 15 is 0 Å². The van der Waals surface area contributed by atoms with E-state index < -0.39 is 12.0 Å². The maximum atomic E-state index is 12.0. The van der Waals surface area contributed by atoms with E-state index in [1.54, 1.807) is 0 Å². The third-order valence-corrected chi connectivity index (χ3v) is 1.25. The molecule has 0 aromatic carbocycles. The molecule has 0 amide bonds. The van der Waals surface area contributed by atoms with E-state index in [9.17, 15) is 18.0 Å². The first-order valence-electron chi connectivity index (χ1n) is 3.31. The van der Waals surface area contributed by atoms with Crippen LogP contribution in [0.2, 0.25) is 0 Å². The van der Waals surface area contributed by atoms with Crippen LogP contribution in [0.1, 0.15) is 22.0 Å². The van der Waals surface area contributed by atoms with E-state index in [0.717, 1.165) is 0 Å². The largest absolute Gasteiger partial charge is 0.451 e. The number of hydrogen-bond donors (Lipinski definition) is 0. The van der Waals surface area contributed by atoms with E-state index in [0.29, 0.717) is 0 Å². The molecule has 0 saturated heterocycles. The average molecular weight is 190 g/mol. The summed E-state index contributed by atoms with van der Waals surface area (Å²) in [7, 11) is 0. The highest BCUT2D eigenvalue weighted by molar-refractivity contribution is 5.71. The van der Waals surface area contributed by atoms with E-state index in [-0.39, 0.29) is 17.7 Å². The van der Waals surface area contributed by atoms with E-state index in [1.165, 1.54) is 13.0 Å². The minimum atomic E-state index is -4.61. The molecule has 13 heavy (non-hydrogen) atoms. The van der Waals surface area contributed by atoms with Crippen LogP contribution in [-0.2, 0) is 6.18 Å². The molecule has 1 heterocycles. The van der Waals surface area contributed by atoms with Gasteiger partial charge in [-0.2, -0.15) is 13.2 Å². The lowest BCUT2D eigenvalue weighted by Crippen LogP contribution is -2.13. The number of hydrogen-bond acceptors (Lipinski definition) is 3. The van der Waals surface area contributed by atoms with Crippen molar-refractivity contribution in [3.05, 3.63) is 23.3 Å². The predicted molar refractivity (Wildman–Crippen MR) is 37.2 cm³/mol. The van der Waals surface area contributed by atoms with Crippen molar-refractivity contribution in [1.29, 1.82) is 0 Å². The Morgan fingerprint density at radius 1 is 1.38 bits per heavy atom. The number of alkyl halides is 3. The first-order chi connectivity index (χ1) is 5.93. The number of halogens is 3. The molecule has 1 aromatic heterocycles. The van der Waals surface area contributed by atoms with Crippen LogP contribution in [0, 0.1) is 6.92 Å². The van der Waals surface area contributed by atoms with E-state index in [4.69, 9.17) is 0 Å². The van der Waals surface area contributed by atoms with Crippen LogP contribution in [0.5, 0.6) is 0 Å². The first-order valence-corrected chi connectivity index (χ1v) is 3.31. The zero-order chi connectivity index (χ0) is 10.1. The summed E-state index contributed by atoms with van der Waals surface area (Å²) in [5, 5.41) is 0. The number of nitrogens with zero attached hydrogens (tertiary/aromatic N) is 2. The molecular formula is C7H5F3N2O. The third-order valence-electron chi connectivity index (χ3n) is 1.25. The van der Waals surface area contributed by atoms with Crippen LogP contribution in [0.4, 0.5) is 13.2 Å². The molecule has 1 rings (SSSR count). The topological polar surface area (TPSA) is 42.9 Å². The fourth-order valence-electron chi connectivity index (χ4n) is 0.780. The van der Waals surface area contributed by atoms with Gasteiger partial charge in [-0.05, 0) is 13.0 Å². The quantitative estimate of drug-likeness (QED) is 0.632. The van der Waals surface area contributed by atoms with Crippen LogP contribution in [0.3, 0.4) is 0 Å². The van der Waals surface area contributed by atoms with Crippen LogP contribution < -0.4 is 0 Å². The summed E-state index contributed by atoms with van der Waals surface area (Å²) in [4.78, 5) is 16.4. The fraction of sp³-hybridized carbons (Fsp3) is 0.286. The molecule has 0 aliphatic rings. The number of aryl methyl sites for hydroxylation is 1. The van der Waals surface area contributed by atoms with Crippen molar-refractivity contribution in [2.45, 2.75) is 13.1 Å². The molecule has 6 heteroatoms. The van der Waals surface area contributed by atoms with Gasteiger partial charge in [-0.15, -0.1) is 0 Å². The molecule has 0 atom stereocenters. The number of rotatable bonds is 1. The molecule has 0 spiro atoms. The van der Waals surface area contributed by atoms with Gasteiger partial charge in [-0.3, -0.25) is 4.79 Å². The Labute approximate surface area is 71.6 Å². The van der Waals surface area contributed by atoms with Crippen LogP contribution in [0.15, 0.2) is 6.07 Å². The highest BCUT2D eigenvalue weighted by atomic mass is 19.4. The SMILES string of the molecule is Cc1cc(C=O)nc(C(F)(F)F)n1. The highest BCUT2D eigenvalue weighted by Crippen LogP contribution is 2.25. The predicted octanol–water partition coefficient (Wildman–Crippen LogP) is 1.62. The van der Waals surface area contributed by atoms with Gasteiger partial charge in [0.25, 0.3) is 0 Å². The second kappa shape index (κ2) is 3.12. The van der Waals surface area contributed by atoms with Gasteiger partial charge in [-0.25, -0.2) is 9.97 Å². The highest BCUT2D eigenvalue weighted by Gasteiger charge is 2.35. The van der Waals surface area contributed by atoms with Crippen molar-refractivity contribution < 1.29 is 18.0 Å². The molecule has 3 nitrogen and oxygen atoms in total. The minimum absolute atomic E-state index is 0.115. The van der Waals surface area contributed by atoms with Crippen LogP contribution in [0.25, 0.3) is 0 Å². The van der Waals surface area contributed by atoms with Gasteiger partial charge in [0.2, 0.25) is 5.82 Å². The Kier molecular flexibility index (Phi) is 2.31. The normalized spacial score (nSPS) is 11.4. The number of aromatic nitrogens is 2. The molecule has 0 bridgehead atoms. The molecule has 0 fully saturated rings. The molecule has 0 aliphatic heterocycles. The number of carbonyl (C=O) groups is 1. The monoisotopic (exact) mass is 190 g/mol. The average Bonchev–Trinajstić information content (AvgIpc) is 2.01. The zero-order valence-corrected chi connectivity index (χ0v) is 6.59. The number of aldehydes is 1. The summed E-state index contributed by atoms with van der Waals surface area (Å²) in [5.41, 5.74) is -0.149. The molecule has 0 unspecified atom stereocenters. The lowest BCUT2D eigenvalue weighted by atomic mass is 10.3. The molecule has 1 aromatic rings. The molecule has 0 radical (unpaired) electrons. The van der Waals surface area contributed by atoms with Crippen molar-refractivity contribution >= 4 is 6.29 Å². The van der Waals surface area contributed by atoms with Crippen LogP contribution in [-0.4, -0.2) is 16.3 Å². The molecule has 0 saturated carbocycles. The summed E-state index contributed by atoms with van der Waals surface area (Å²) >= 11 is 0. The van der Waals surface area contributed by atoms with Gasteiger partial charge >= 0.3 is 6.18 Å². The Hall–Kier alpha value is -1.46. The maximum absolute atomic E-state index is 12.0. The molecular weight excluding hydrogens is 185 g/mol. The van der Waals surface area contributed by atoms with Gasteiger partial charge in [0.1, 0.15) is 5.69 Å². The van der Waals surface area contributed by atoms with Gasteiger partial charge < -0.3 is 0 Å². The van der Waals surface area contributed by atoms with Crippen molar-refractivity contribution in [2.24, 2.45) is 0 Å². The standard InChI is InChI=1S/C7H5F3N2O/c1-4-2-5(3-13)12-6(11-4)7(8,9)10/h2-3H,1H3. The fourth-order valence-corrected chi connectivity index (χ4v) is 0.780. The Bertz CT molecular complexity index is 335. The summed E-state index contributed by atoms with van der Waals surface area (Å²) in [6, 6.07) is 1.18. The Morgan fingerprint density at radius 2 is 2.00 bits per heavy atom. The second-order valence-corrected chi connectivity index (χ2v) is 2.37. The van der Waals surface area contributed by atoms with Crippen molar-refractivity contribution in [1.82, 2.24) is 9.97 Å². The van der Waals surface area contributed by atoms with E-state index in [2.05, 4.69) is 9.97 Å². The smallest absolute Gasteiger partial charge is 0.296 e. The minimum Gasteiger partial charge on any atom is -0.296 e. The Balaban J connectivity index is 3.24. The van der Waals surface area contributed by atoms with E-state index in [1.807, 2.05) is 0 Å². The van der Waals surface area contributed by atoms with Gasteiger partial charge in [0.05, 0.1) is 0 Å². The summed E-state index contributed by atoms with van der Waals surface area (Å²) in [6.07, 6.45) is -4.35. The van der Waals surface area contributed by atoms with Gasteiger partial charge in [-0.1, -0.05) is 0 Å². The summed E-state index contributed by atoms with van der Waals surface area (Å²) < 4.78 is 36.1. The van der Waals surface area contributed by atoms with Crippen LogP contribution >= 0.6 is 0 Å². The molecule has 0 aliphatic carbocycles. The Morgan fingerprint density at radius 3 is 2.46 bits per heavy atom. The third kappa shape index (κ3) is 2.24. The zero-order valence-electron chi connectivity index (χ0n) is 6.59. The second-order valence-electron chi connectivity index (χ2n) is 2.37. The van der Waals surface area contributed by atoms with Crippen molar-refractivity contribution in [3.63, 3.8) is 0 Å². The maximum Gasteiger partial charge on any atom is 0.451 e. The van der Waals surface area contributed by atoms with Gasteiger partial charge in [0, 0.05) is 5.69 Å². The molecule has 70 valence electrons.